The van der Waals surface area contributed by atoms with Crippen LogP contribution in [0.4, 0.5) is 0 Å². The summed E-state index contributed by atoms with van der Waals surface area (Å²) in [5.74, 6) is 0.878. The summed E-state index contributed by atoms with van der Waals surface area (Å²) in [6, 6.07) is 3.31. The molecule has 2 heterocycles. The Morgan fingerprint density at radius 1 is 1.32 bits per heavy atom. The molecule has 1 unspecified atom stereocenters. The summed E-state index contributed by atoms with van der Waals surface area (Å²) in [7, 11) is 1.94. The molecule has 2 aromatic rings. The van der Waals surface area contributed by atoms with Gasteiger partial charge in [-0.15, -0.1) is 0 Å². The standard InChI is InChI=1S/C18H20ClN3O3/c1-22-15-5-2-4-14(12(15)10-20-22)21-18(23)11-8-13(19)17-16(9-11)24-6-3-7-25-17/h8-10,14H,2-7H2,1H3,(H,21,23). The third-order valence-electron chi connectivity index (χ3n) is 4.75. The number of carbonyl (C=O) groups is 1. The number of halogens is 1. The zero-order valence-electron chi connectivity index (χ0n) is 14.0. The van der Waals surface area contributed by atoms with E-state index in [1.54, 1.807) is 12.1 Å². The van der Waals surface area contributed by atoms with Gasteiger partial charge in [-0.1, -0.05) is 11.6 Å². The van der Waals surface area contributed by atoms with Crippen molar-refractivity contribution in [3.05, 3.63) is 40.2 Å². The maximum absolute atomic E-state index is 12.8. The van der Waals surface area contributed by atoms with Crippen molar-refractivity contribution in [2.75, 3.05) is 13.2 Å². The molecule has 1 amide bonds. The highest BCUT2D eigenvalue weighted by atomic mass is 35.5. The van der Waals surface area contributed by atoms with Gasteiger partial charge in [-0.25, -0.2) is 0 Å². The van der Waals surface area contributed by atoms with Crippen molar-refractivity contribution in [3.63, 3.8) is 0 Å². The number of hydrogen-bond acceptors (Lipinski definition) is 4. The lowest BCUT2D eigenvalue weighted by Gasteiger charge is -2.24. The zero-order chi connectivity index (χ0) is 17.4. The van der Waals surface area contributed by atoms with E-state index < -0.39 is 0 Å². The second-order valence-electron chi connectivity index (χ2n) is 6.42. The molecular weight excluding hydrogens is 342 g/mol. The van der Waals surface area contributed by atoms with Crippen molar-refractivity contribution in [2.24, 2.45) is 7.05 Å². The van der Waals surface area contributed by atoms with Gasteiger partial charge in [0, 0.05) is 30.3 Å². The van der Waals surface area contributed by atoms with E-state index in [0.717, 1.165) is 31.2 Å². The van der Waals surface area contributed by atoms with Crippen LogP contribution in [0.25, 0.3) is 0 Å². The van der Waals surface area contributed by atoms with Crippen LogP contribution in [0.2, 0.25) is 5.02 Å². The first-order valence-corrected chi connectivity index (χ1v) is 8.92. The number of ether oxygens (including phenoxy) is 2. The van der Waals surface area contributed by atoms with E-state index in [4.69, 9.17) is 21.1 Å². The average Bonchev–Trinajstić information content (AvgIpc) is 2.83. The smallest absolute Gasteiger partial charge is 0.251 e. The van der Waals surface area contributed by atoms with Crippen LogP contribution in [-0.2, 0) is 13.5 Å². The van der Waals surface area contributed by atoms with E-state index in [9.17, 15) is 4.79 Å². The van der Waals surface area contributed by atoms with Gasteiger partial charge in [-0.05, 0) is 31.4 Å². The van der Waals surface area contributed by atoms with Gasteiger partial charge in [0.25, 0.3) is 5.91 Å². The third kappa shape index (κ3) is 3.06. The zero-order valence-corrected chi connectivity index (χ0v) is 14.8. The normalized spacial score (nSPS) is 19.0. The fourth-order valence-corrected chi connectivity index (χ4v) is 3.72. The molecule has 2 aliphatic rings. The highest BCUT2D eigenvalue weighted by Gasteiger charge is 2.26. The van der Waals surface area contributed by atoms with Crippen LogP contribution in [0, 0.1) is 0 Å². The summed E-state index contributed by atoms with van der Waals surface area (Å²) in [4.78, 5) is 12.8. The second-order valence-corrected chi connectivity index (χ2v) is 6.83. The Hall–Kier alpha value is -2.21. The number of rotatable bonds is 2. The van der Waals surface area contributed by atoms with E-state index in [0.29, 0.717) is 35.3 Å². The van der Waals surface area contributed by atoms with Crippen LogP contribution >= 0.6 is 11.6 Å². The van der Waals surface area contributed by atoms with Gasteiger partial charge >= 0.3 is 0 Å². The number of nitrogens with one attached hydrogen (secondary N) is 1. The number of hydrogen-bond donors (Lipinski definition) is 1. The number of fused-ring (bicyclic) bond motifs is 2. The first kappa shape index (κ1) is 16.3. The molecule has 0 spiro atoms. The highest BCUT2D eigenvalue weighted by Crippen LogP contribution is 2.38. The predicted molar refractivity (Wildman–Crippen MR) is 93.4 cm³/mol. The summed E-state index contributed by atoms with van der Waals surface area (Å²) >= 11 is 6.29. The molecule has 1 atom stereocenters. The molecule has 1 aliphatic carbocycles. The fraction of sp³-hybridized carbons (Fsp3) is 0.444. The molecule has 132 valence electrons. The van der Waals surface area contributed by atoms with Crippen molar-refractivity contribution >= 4 is 17.5 Å². The molecule has 25 heavy (non-hydrogen) atoms. The molecule has 1 aromatic heterocycles. The topological polar surface area (TPSA) is 65.4 Å². The summed E-state index contributed by atoms with van der Waals surface area (Å²) in [5, 5.41) is 7.82. The monoisotopic (exact) mass is 361 g/mol. The number of aryl methyl sites for hydroxylation is 1. The minimum atomic E-state index is -0.167. The largest absolute Gasteiger partial charge is 0.489 e. The summed E-state index contributed by atoms with van der Waals surface area (Å²) < 4.78 is 13.2. The van der Waals surface area contributed by atoms with Gasteiger partial charge in [0.1, 0.15) is 0 Å². The van der Waals surface area contributed by atoms with Crippen LogP contribution < -0.4 is 14.8 Å². The quantitative estimate of drug-likeness (QED) is 0.892. The molecule has 0 saturated heterocycles. The molecule has 1 aromatic carbocycles. The lowest BCUT2D eigenvalue weighted by atomic mass is 9.92. The molecule has 1 N–H and O–H groups in total. The highest BCUT2D eigenvalue weighted by molar-refractivity contribution is 6.32. The third-order valence-corrected chi connectivity index (χ3v) is 5.03. The first-order chi connectivity index (χ1) is 12.1. The molecule has 0 bridgehead atoms. The number of nitrogens with zero attached hydrogens (tertiary/aromatic N) is 2. The van der Waals surface area contributed by atoms with Gasteiger partial charge in [-0.2, -0.15) is 5.10 Å². The van der Waals surface area contributed by atoms with Gasteiger partial charge in [0.05, 0.1) is 30.5 Å². The van der Waals surface area contributed by atoms with Crippen LogP contribution in [0.5, 0.6) is 11.5 Å². The van der Waals surface area contributed by atoms with Crippen molar-refractivity contribution in [2.45, 2.75) is 31.7 Å². The summed E-state index contributed by atoms with van der Waals surface area (Å²) in [6.45, 7) is 1.11. The molecule has 6 nitrogen and oxygen atoms in total. The van der Waals surface area contributed by atoms with Crippen LogP contribution in [0.3, 0.4) is 0 Å². The number of aromatic nitrogens is 2. The first-order valence-electron chi connectivity index (χ1n) is 8.54. The van der Waals surface area contributed by atoms with Gasteiger partial charge in [-0.3, -0.25) is 9.48 Å². The summed E-state index contributed by atoms with van der Waals surface area (Å²) in [5.41, 5.74) is 2.76. The van der Waals surface area contributed by atoms with E-state index in [2.05, 4.69) is 10.4 Å². The number of carbonyl (C=O) groups excluding carboxylic acids is 1. The Balaban J connectivity index is 1.58. The molecule has 0 saturated carbocycles. The van der Waals surface area contributed by atoms with E-state index in [1.807, 2.05) is 17.9 Å². The van der Waals surface area contributed by atoms with Gasteiger partial charge < -0.3 is 14.8 Å². The maximum atomic E-state index is 12.8. The maximum Gasteiger partial charge on any atom is 0.251 e. The van der Waals surface area contributed by atoms with E-state index >= 15 is 0 Å². The van der Waals surface area contributed by atoms with Crippen LogP contribution in [-0.4, -0.2) is 28.9 Å². The minimum Gasteiger partial charge on any atom is -0.489 e. The predicted octanol–water partition coefficient (Wildman–Crippen LogP) is 3.04. The Morgan fingerprint density at radius 3 is 3.04 bits per heavy atom. The molecule has 4 rings (SSSR count). The van der Waals surface area contributed by atoms with Gasteiger partial charge in [0.2, 0.25) is 0 Å². The lowest BCUT2D eigenvalue weighted by molar-refractivity contribution is 0.0932. The average molecular weight is 362 g/mol. The van der Waals surface area contributed by atoms with E-state index in [1.165, 1.54) is 5.69 Å². The van der Waals surface area contributed by atoms with Crippen molar-refractivity contribution in [1.82, 2.24) is 15.1 Å². The second kappa shape index (κ2) is 6.59. The van der Waals surface area contributed by atoms with Crippen LogP contribution in [0.15, 0.2) is 18.3 Å². The molecule has 1 aliphatic heterocycles. The summed E-state index contributed by atoms with van der Waals surface area (Å²) in [6.07, 6.45) is 5.56. The molecule has 7 heteroatoms. The van der Waals surface area contributed by atoms with Crippen molar-refractivity contribution < 1.29 is 14.3 Å². The Bertz CT molecular complexity index is 818. The fourth-order valence-electron chi connectivity index (χ4n) is 3.46. The van der Waals surface area contributed by atoms with Crippen molar-refractivity contribution in [3.8, 4) is 11.5 Å². The SMILES string of the molecule is Cn1ncc2c1CCCC2NC(=O)c1cc(Cl)c2c(c1)OCCCO2. The van der Waals surface area contributed by atoms with Crippen molar-refractivity contribution in [1.29, 1.82) is 0 Å². The lowest BCUT2D eigenvalue weighted by Crippen LogP contribution is -2.31. The van der Waals surface area contributed by atoms with Gasteiger partial charge in [0.15, 0.2) is 11.5 Å². The number of benzene rings is 1. The van der Waals surface area contributed by atoms with Crippen LogP contribution in [0.1, 0.15) is 46.9 Å². The molecule has 0 fully saturated rings. The van der Waals surface area contributed by atoms with E-state index in [-0.39, 0.29) is 11.9 Å². The Kier molecular flexibility index (Phi) is 4.29. The Labute approximate surface area is 151 Å². The molecular formula is C18H20ClN3O3. The number of amides is 1. The minimum absolute atomic E-state index is 0.0281. The Morgan fingerprint density at radius 2 is 2.16 bits per heavy atom. The molecule has 0 radical (unpaired) electrons.